The van der Waals surface area contributed by atoms with Crippen LogP contribution in [0.3, 0.4) is 0 Å². The molecular formula is C34H44ClN9O3. The Morgan fingerprint density at radius 1 is 0.957 bits per heavy atom. The fraction of sp³-hybridized carbons (Fsp3) is 0.412. The van der Waals surface area contributed by atoms with Crippen LogP contribution in [0.4, 0.5) is 5.69 Å². The van der Waals surface area contributed by atoms with Gasteiger partial charge in [-0.1, -0.05) is 24.3 Å². The first-order valence-electron chi connectivity index (χ1n) is 15.8. The molecule has 2 aromatic carbocycles. The van der Waals surface area contributed by atoms with Crippen molar-refractivity contribution < 1.29 is 14.3 Å². The van der Waals surface area contributed by atoms with Crippen molar-refractivity contribution in [3.05, 3.63) is 72.4 Å². The van der Waals surface area contributed by atoms with Crippen LogP contribution in [0, 0.1) is 11.8 Å². The first kappa shape index (κ1) is 35.6. The number of nitrogens with two attached hydrogens (primary N) is 2. The molecule has 1 fully saturated rings. The molecule has 0 saturated heterocycles. The number of halogens is 1. The number of nitrogens with zero attached hydrogens (tertiary/aromatic N) is 6. The Morgan fingerprint density at radius 2 is 1.64 bits per heavy atom. The van der Waals surface area contributed by atoms with E-state index < -0.39 is 11.9 Å². The second-order valence-corrected chi connectivity index (χ2v) is 12.1. The molecule has 5 rings (SSSR count). The van der Waals surface area contributed by atoms with E-state index in [1.165, 1.54) is 4.90 Å². The summed E-state index contributed by atoms with van der Waals surface area (Å²) in [6.07, 6.45) is 6.12. The smallest absolute Gasteiger partial charge is 0.251 e. The Kier molecular flexibility index (Phi) is 12.9. The van der Waals surface area contributed by atoms with Crippen molar-refractivity contribution in [3.63, 3.8) is 0 Å². The first-order chi connectivity index (χ1) is 22.3. The molecule has 1 aliphatic carbocycles. The molecule has 4 aromatic rings. The second-order valence-electron chi connectivity index (χ2n) is 12.1. The molecule has 0 bridgehead atoms. The standard InChI is InChI=1S/C34H43N9O3.ClH/c1-42(2)18-3-19-46-31-17-14-28(22-37-31)25-8-4-23(5-9-25)20-30(36)34(45)43(33(44)27-10-6-24(21-35)7-11-27)29-15-12-26(13-16-29)32-38-40-41-39-32;/h4-5,8-9,12-17,22,24,27,30H,3,6-7,10-11,18-21,35-36H2,1-2H3,(H,38,39,40,41);1H/t24-,27-,30-;/m0./s1. The molecule has 0 unspecified atom stereocenters. The van der Waals surface area contributed by atoms with E-state index in [4.69, 9.17) is 16.2 Å². The Hall–Kier alpha value is -4.23. The first-order valence-corrected chi connectivity index (χ1v) is 15.8. The number of ether oxygens (including phenoxy) is 1. The van der Waals surface area contributed by atoms with Crippen molar-refractivity contribution in [2.24, 2.45) is 23.3 Å². The number of imide groups is 1. The summed E-state index contributed by atoms with van der Waals surface area (Å²) in [5, 5.41) is 14.1. The van der Waals surface area contributed by atoms with Gasteiger partial charge in [-0.25, -0.2) is 9.88 Å². The van der Waals surface area contributed by atoms with Gasteiger partial charge in [0.2, 0.25) is 17.6 Å². The van der Waals surface area contributed by atoms with Gasteiger partial charge in [0.25, 0.3) is 5.91 Å². The average Bonchev–Trinajstić information content (AvgIpc) is 3.63. The molecule has 250 valence electrons. The Labute approximate surface area is 281 Å². The monoisotopic (exact) mass is 661 g/mol. The fourth-order valence-corrected chi connectivity index (χ4v) is 5.77. The number of hydrogen-bond acceptors (Lipinski definition) is 10. The number of tetrazole rings is 1. The van der Waals surface area contributed by atoms with E-state index in [2.05, 4.69) is 30.5 Å². The summed E-state index contributed by atoms with van der Waals surface area (Å²) in [4.78, 5) is 35.6. The number of pyridine rings is 1. The number of aromatic nitrogens is 5. The lowest BCUT2D eigenvalue weighted by molar-refractivity contribution is -0.130. The van der Waals surface area contributed by atoms with Gasteiger partial charge < -0.3 is 21.1 Å². The summed E-state index contributed by atoms with van der Waals surface area (Å²) in [5.41, 5.74) is 16.4. The van der Waals surface area contributed by atoms with Crippen molar-refractivity contribution >= 4 is 29.9 Å². The van der Waals surface area contributed by atoms with Gasteiger partial charge in [-0.15, -0.1) is 22.6 Å². The van der Waals surface area contributed by atoms with Gasteiger partial charge in [0, 0.05) is 35.9 Å². The van der Waals surface area contributed by atoms with E-state index in [0.29, 0.717) is 54.9 Å². The molecule has 1 saturated carbocycles. The maximum atomic E-state index is 13.9. The number of amides is 2. The number of H-pyrrole nitrogens is 1. The van der Waals surface area contributed by atoms with Crippen LogP contribution in [0.1, 0.15) is 37.7 Å². The lowest BCUT2D eigenvalue weighted by atomic mass is 9.81. The van der Waals surface area contributed by atoms with Crippen molar-refractivity contribution in [1.29, 1.82) is 0 Å². The van der Waals surface area contributed by atoms with Gasteiger partial charge in [0.1, 0.15) is 0 Å². The van der Waals surface area contributed by atoms with Crippen LogP contribution in [0.5, 0.6) is 5.88 Å². The molecule has 0 radical (unpaired) electrons. The number of carbonyl (C=O) groups excluding carboxylic acids is 2. The van der Waals surface area contributed by atoms with Gasteiger partial charge >= 0.3 is 0 Å². The maximum Gasteiger partial charge on any atom is 0.251 e. The van der Waals surface area contributed by atoms with E-state index in [0.717, 1.165) is 42.5 Å². The van der Waals surface area contributed by atoms with Crippen molar-refractivity contribution in [2.45, 2.75) is 44.6 Å². The molecule has 1 atom stereocenters. The van der Waals surface area contributed by atoms with E-state index in [-0.39, 0.29) is 30.7 Å². The lowest BCUT2D eigenvalue weighted by Gasteiger charge is -2.32. The molecular weight excluding hydrogens is 618 g/mol. The molecule has 0 aliphatic heterocycles. The molecule has 2 amide bonds. The third kappa shape index (κ3) is 9.41. The molecule has 47 heavy (non-hydrogen) atoms. The maximum absolute atomic E-state index is 13.9. The third-order valence-corrected chi connectivity index (χ3v) is 8.50. The minimum atomic E-state index is -0.919. The molecule has 5 N–H and O–H groups in total. The van der Waals surface area contributed by atoms with Crippen molar-refractivity contribution in [2.75, 3.05) is 38.7 Å². The third-order valence-electron chi connectivity index (χ3n) is 8.50. The van der Waals surface area contributed by atoms with Crippen LogP contribution in [-0.2, 0) is 16.0 Å². The molecule has 0 spiro atoms. The number of aromatic amines is 1. The number of nitrogens with one attached hydrogen (secondary N) is 1. The Morgan fingerprint density at radius 3 is 2.23 bits per heavy atom. The molecule has 13 heteroatoms. The minimum absolute atomic E-state index is 0. The summed E-state index contributed by atoms with van der Waals surface area (Å²) in [7, 11) is 4.07. The summed E-state index contributed by atoms with van der Waals surface area (Å²) in [5.74, 6) is 0.501. The number of hydrogen-bond donors (Lipinski definition) is 3. The van der Waals surface area contributed by atoms with Crippen LogP contribution < -0.4 is 21.1 Å². The predicted octanol–water partition coefficient (Wildman–Crippen LogP) is 3.88. The zero-order valence-electron chi connectivity index (χ0n) is 26.9. The van der Waals surface area contributed by atoms with Crippen molar-refractivity contribution in [1.82, 2.24) is 30.5 Å². The number of benzene rings is 2. The zero-order chi connectivity index (χ0) is 32.5. The highest BCUT2D eigenvalue weighted by Gasteiger charge is 2.35. The highest BCUT2D eigenvalue weighted by atomic mass is 35.5. The van der Waals surface area contributed by atoms with Gasteiger partial charge in [-0.2, -0.15) is 5.21 Å². The van der Waals surface area contributed by atoms with Crippen LogP contribution in [0.25, 0.3) is 22.5 Å². The van der Waals surface area contributed by atoms with E-state index >= 15 is 0 Å². The van der Waals surface area contributed by atoms with Crippen LogP contribution in [0.2, 0.25) is 0 Å². The van der Waals surface area contributed by atoms with Crippen LogP contribution in [-0.4, -0.2) is 82.2 Å². The summed E-state index contributed by atoms with van der Waals surface area (Å²) in [6, 6.07) is 17.8. The number of anilines is 1. The average molecular weight is 662 g/mol. The SMILES string of the molecule is CN(C)CCCOc1ccc(-c2ccc(C[C@H](N)C(=O)N(c3ccc(-c4nn[nH]n4)cc3)C(=O)[C@H]3CC[C@H](CN)CC3)cc2)cn1.Cl. The lowest BCUT2D eigenvalue weighted by Crippen LogP contribution is -2.50. The Bertz CT molecular complexity index is 1540. The highest BCUT2D eigenvalue weighted by Crippen LogP contribution is 2.32. The summed E-state index contributed by atoms with van der Waals surface area (Å²) < 4.78 is 5.75. The number of carbonyl (C=O) groups is 2. The fourth-order valence-electron chi connectivity index (χ4n) is 5.77. The largest absolute Gasteiger partial charge is 0.478 e. The minimum Gasteiger partial charge on any atom is -0.478 e. The number of rotatable bonds is 13. The quantitative estimate of drug-likeness (QED) is 0.179. The van der Waals surface area contributed by atoms with Gasteiger partial charge in [0.05, 0.1) is 18.3 Å². The van der Waals surface area contributed by atoms with E-state index in [1.54, 1.807) is 30.5 Å². The molecule has 2 heterocycles. The molecule has 1 aliphatic rings. The summed E-state index contributed by atoms with van der Waals surface area (Å²) >= 11 is 0. The summed E-state index contributed by atoms with van der Waals surface area (Å²) in [6.45, 7) is 2.18. The highest BCUT2D eigenvalue weighted by molar-refractivity contribution is 6.17. The van der Waals surface area contributed by atoms with Gasteiger partial charge in [-0.3, -0.25) is 9.59 Å². The predicted molar refractivity (Wildman–Crippen MR) is 184 cm³/mol. The normalized spacial score (nSPS) is 16.7. The van der Waals surface area contributed by atoms with Crippen LogP contribution in [0.15, 0.2) is 66.9 Å². The zero-order valence-corrected chi connectivity index (χ0v) is 27.7. The second kappa shape index (κ2) is 17.1. The Balaban J connectivity index is 0.00000500. The molecule has 12 nitrogen and oxygen atoms in total. The van der Waals surface area contributed by atoms with Crippen molar-refractivity contribution in [3.8, 4) is 28.4 Å². The van der Waals surface area contributed by atoms with E-state index in [1.807, 2.05) is 50.5 Å². The van der Waals surface area contributed by atoms with E-state index in [9.17, 15) is 9.59 Å². The van der Waals surface area contributed by atoms with Gasteiger partial charge in [0.15, 0.2) is 0 Å². The van der Waals surface area contributed by atoms with Crippen LogP contribution >= 0.6 is 12.4 Å². The topological polar surface area (TPSA) is 169 Å². The van der Waals surface area contributed by atoms with Gasteiger partial charge in [-0.05, 0) is 112 Å². The molecule has 2 aromatic heterocycles.